The molecule has 3 heterocycles. The summed E-state index contributed by atoms with van der Waals surface area (Å²) in [5.74, 6) is -0.107. The summed E-state index contributed by atoms with van der Waals surface area (Å²) in [6, 6.07) is 4.10. The van der Waals surface area contributed by atoms with Crippen molar-refractivity contribution in [3.8, 4) is 0 Å². The molecule has 0 bridgehead atoms. The number of aryl methyl sites for hydroxylation is 1. The molecule has 0 spiro atoms. The van der Waals surface area contributed by atoms with Crippen LogP contribution in [0.15, 0.2) is 17.5 Å². The van der Waals surface area contributed by atoms with Crippen molar-refractivity contribution in [2.75, 3.05) is 13.2 Å². The Labute approximate surface area is 121 Å². The lowest BCUT2D eigenvalue weighted by molar-refractivity contribution is 0.0925. The van der Waals surface area contributed by atoms with Crippen molar-refractivity contribution in [2.24, 2.45) is 7.05 Å². The fraction of sp³-hybridized carbons (Fsp3) is 0.429. The largest absolute Gasteiger partial charge is 0.376 e. The van der Waals surface area contributed by atoms with Gasteiger partial charge in [0.15, 0.2) is 5.69 Å². The fourth-order valence-corrected chi connectivity index (χ4v) is 3.14. The quantitative estimate of drug-likeness (QED) is 0.929. The zero-order valence-electron chi connectivity index (χ0n) is 11.4. The number of hydrogen-bond donors (Lipinski definition) is 1. The summed E-state index contributed by atoms with van der Waals surface area (Å²) < 4.78 is 7.23. The van der Waals surface area contributed by atoms with E-state index >= 15 is 0 Å². The molecule has 0 unspecified atom stereocenters. The van der Waals surface area contributed by atoms with Gasteiger partial charge in [-0.25, -0.2) is 0 Å². The molecule has 0 radical (unpaired) electrons. The molecule has 0 saturated heterocycles. The summed E-state index contributed by atoms with van der Waals surface area (Å²) in [4.78, 5) is 13.5. The highest BCUT2D eigenvalue weighted by atomic mass is 32.1. The number of rotatable bonds is 4. The minimum atomic E-state index is -0.107. The molecule has 3 rings (SSSR count). The fourth-order valence-electron chi connectivity index (χ4n) is 2.43. The average Bonchev–Trinajstić information content (AvgIpc) is 3.08. The lowest BCUT2D eigenvalue weighted by atomic mass is 10.1. The van der Waals surface area contributed by atoms with Gasteiger partial charge in [-0.2, -0.15) is 5.10 Å². The van der Waals surface area contributed by atoms with E-state index in [1.807, 2.05) is 18.5 Å². The third-order valence-corrected chi connectivity index (χ3v) is 4.39. The van der Waals surface area contributed by atoms with E-state index in [0.717, 1.165) is 24.1 Å². The van der Waals surface area contributed by atoms with E-state index in [2.05, 4.69) is 16.5 Å². The number of nitrogens with zero attached hydrogens (tertiary/aromatic N) is 2. The van der Waals surface area contributed by atoms with Crippen LogP contribution in [0.5, 0.6) is 0 Å². The Bertz CT molecular complexity index is 604. The molecule has 1 amide bonds. The normalized spacial score (nSPS) is 14.1. The van der Waals surface area contributed by atoms with Crippen molar-refractivity contribution in [3.05, 3.63) is 39.3 Å². The molecule has 0 fully saturated rings. The van der Waals surface area contributed by atoms with Gasteiger partial charge in [0.25, 0.3) is 5.91 Å². The van der Waals surface area contributed by atoms with Crippen molar-refractivity contribution >= 4 is 17.2 Å². The smallest absolute Gasteiger partial charge is 0.272 e. The molecule has 1 N–H and O–H groups in total. The van der Waals surface area contributed by atoms with Crippen LogP contribution in [0, 0.1) is 0 Å². The van der Waals surface area contributed by atoms with Crippen LogP contribution in [-0.4, -0.2) is 28.8 Å². The molecule has 6 heteroatoms. The van der Waals surface area contributed by atoms with E-state index < -0.39 is 0 Å². The highest BCUT2D eigenvalue weighted by Crippen LogP contribution is 2.20. The topological polar surface area (TPSA) is 56.2 Å². The standard InChI is InChI=1S/C14H17N3O2S/c1-17-12-5-7-19-9-11(12)13(16-17)14(18)15-6-4-10-3-2-8-20-10/h2-3,8H,4-7,9H2,1H3,(H,15,18). The number of nitrogens with one attached hydrogen (secondary N) is 1. The summed E-state index contributed by atoms with van der Waals surface area (Å²) in [6.07, 6.45) is 1.68. The number of hydrogen-bond acceptors (Lipinski definition) is 4. The number of fused-ring (bicyclic) bond motifs is 1. The highest BCUT2D eigenvalue weighted by Gasteiger charge is 2.23. The van der Waals surface area contributed by atoms with Gasteiger partial charge in [-0.1, -0.05) is 6.07 Å². The summed E-state index contributed by atoms with van der Waals surface area (Å²) in [6.45, 7) is 1.81. The van der Waals surface area contributed by atoms with E-state index in [4.69, 9.17) is 4.74 Å². The molecule has 0 aromatic carbocycles. The Hall–Kier alpha value is -1.66. The van der Waals surface area contributed by atoms with Crippen molar-refractivity contribution in [1.29, 1.82) is 0 Å². The third kappa shape index (κ3) is 2.62. The van der Waals surface area contributed by atoms with Crippen molar-refractivity contribution in [3.63, 3.8) is 0 Å². The SMILES string of the molecule is Cn1nc(C(=O)NCCc2cccs2)c2c1CCOC2. The second-order valence-electron chi connectivity index (χ2n) is 4.79. The number of carbonyl (C=O) groups excluding carboxylic acids is 1. The zero-order valence-corrected chi connectivity index (χ0v) is 12.2. The van der Waals surface area contributed by atoms with E-state index in [0.29, 0.717) is 25.5 Å². The van der Waals surface area contributed by atoms with Gasteiger partial charge in [0.1, 0.15) is 0 Å². The second kappa shape index (κ2) is 5.76. The Balaban J connectivity index is 1.65. The molecule has 106 valence electrons. The number of aromatic nitrogens is 2. The minimum absolute atomic E-state index is 0.107. The monoisotopic (exact) mass is 291 g/mol. The van der Waals surface area contributed by atoms with E-state index in [-0.39, 0.29) is 5.91 Å². The molecule has 1 aliphatic rings. The minimum Gasteiger partial charge on any atom is -0.376 e. The Kier molecular flexibility index (Phi) is 3.84. The van der Waals surface area contributed by atoms with E-state index in [9.17, 15) is 4.79 Å². The molecule has 20 heavy (non-hydrogen) atoms. The first-order chi connectivity index (χ1) is 9.75. The van der Waals surface area contributed by atoms with Gasteiger partial charge in [-0.05, 0) is 17.9 Å². The van der Waals surface area contributed by atoms with Gasteiger partial charge in [0.05, 0.1) is 13.2 Å². The van der Waals surface area contributed by atoms with Crippen LogP contribution < -0.4 is 5.32 Å². The van der Waals surface area contributed by atoms with Gasteiger partial charge >= 0.3 is 0 Å². The number of amides is 1. The number of thiophene rings is 1. The molecule has 0 atom stereocenters. The lowest BCUT2D eigenvalue weighted by Crippen LogP contribution is -2.27. The van der Waals surface area contributed by atoms with Crippen LogP contribution in [0.1, 0.15) is 26.6 Å². The van der Waals surface area contributed by atoms with Gasteiger partial charge in [0, 0.05) is 36.1 Å². The first-order valence-corrected chi connectivity index (χ1v) is 7.56. The maximum Gasteiger partial charge on any atom is 0.272 e. The van der Waals surface area contributed by atoms with Crippen LogP contribution in [0.25, 0.3) is 0 Å². The van der Waals surface area contributed by atoms with Crippen molar-refractivity contribution in [2.45, 2.75) is 19.4 Å². The van der Waals surface area contributed by atoms with Gasteiger partial charge in [-0.15, -0.1) is 11.3 Å². The molecular weight excluding hydrogens is 274 g/mol. The molecular formula is C14H17N3O2S. The molecule has 0 saturated carbocycles. The Morgan fingerprint density at radius 1 is 1.60 bits per heavy atom. The second-order valence-corrected chi connectivity index (χ2v) is 5.82. The van der Waals surface area contributed by atoms with Crippen molar-refractivity contribution in [1.82, 2.24) is 15.1 Å². The van der Waals surface area contributed by atoms with Crippen LogP contribution >= 0.6 is 11.3 Å². The number of carbonyl (C=O) groups is 1. The van der Waals surface area contributed by atoms with Gasteiger partial charge in [0.2, 0.25) is 0 Å². The van der Waals surface area contributed by atoms with Crippen LogP contribution in [0.2, 0.25) is 0 Å². The summed E-state index contributed by atoms with van der Waals surface area (Å²) in [5, 5.41) is 9.32. The van der Waals surface area contributed by atoms with Gasteiger partial charge < -0.3 is 10.1 Å². The Morgan fingerprint density at radius 2 is 2.50 bits per heavy atom. The average molecular weight is 291 g/mol. The maximum absolute atomic E-state index is 12.2. The molecule has 2 aromatic heterocycles. The molecule has 1 aliphatic heterocycles. The lowest BCUT2D eigenvalue weighted by Gasteiger charge is -2.13. The molecule has 2 aromatic rings. The number of ether oxygens (including phenoxy) is 1. The molecule has 5 nitrogen and oxygen atoms in total. The third-order valence-electron chi connectivity index (χ3n) is 3.46. The van der Waals surface area contributed by atoms with Crippen LogP contribution in [0.3, 0.4) is 0 Å². The predicted molar refractivity (Wildman–Crippen MR) is 76.9 cm³/mol. The van der Waals surface area contributed by atoms with E-state index in [1.54, 1.807) is 16.0 Å². The first kappa shape index (κ1) is 13.3. The summed E-state index contributed by atoms with van der Waals surface area (Å²) >= 11 is 1.71. The predicted octanol–water partition coefficient (Wildman–Crippen LogP) is 1.53. The summed E-state index contributed by atoms with van der Waals surface area (Å²) in [7, 11) is 1.88. The maximum atomic E-state index is 12.2. The summed E-state index contributed by atoms with van der Waals surface area (Å²) in [5.41, 5.74) is 2.56. The Morgan fingerprint density at radius 3 is 3.30 bits per heavy atom. The first-order valence-electron chi connectivity index (χ1n) is 6.69. The molecule has 0 aliphatic carbocycles. The van der Waals surface area contributed by atoms with Crippen molar-refractivity contribution < 1.29 is 9.53 Å². The van der Waals surface area contributed by atoms with Gasteiger partial charge in [-0.3, -0.25) is 9.48 Å². The van der Waals surface area contributed by atoms with Crippen LogP contribution in [0.4, 0.5) is 0 Å². The zero-order chi connectivity index (χ0) is 13.9. The van der Waals surface area contributed by atoms with E-state index in [1.165, 1.54) is 4.88 Å². The van der Waals surface area contributed by atoms with Crippen LogP contribution in [-0.2, 0) is 31.2 Å². The highest BCUT2D eigenvalue weighted by molar-refractivity contribution is 7.09.